The van der Waals surface area contributed by atoms with Crippen molar-refractivity contribution < 1.29 is 14.7 Å². The van der Waals surface area contributed by atoms with Gasteiger partial charge in [-0.2, -0.15) is 0 Å². The lowest BCUT2D eigenvalue weighted by atomic mass is 10.2. The van der Waals surface area contributed by atoms with Crippen LogP contribution < -0.4 is 10.2 Å². The summed E-state index contributed by atoms with van der Waals surface area (Å²) in [6.45, 7) is 2.42. The number of carboxylic acid groups (broad SMARTS) is 1. The van der Waals surface area contributed by atoms with E-state index in [1.54, 1.807) is 24.3 Å². The molecule has 2 N–H and O–H groups in total. The Bertz CT molecular complexity index is 451. The molecular weight excluding hydrogens is 268 g/mol. The smallest absolute Gasteiger partial charge is 0.323 e. The van der Waals surface area contributed by atoms with Gasteiger partial charge in [-0.1, -0.05) is 24.6 Å². The highest BCUT2D eigenvalue weighted by Gasteiger charge is 2.18. The minimum Gasteiger partial charge on any atom is -0.480 e. The minimum absolute atomic E-state index is 0.105. The Morgan fingerprint density at radius 1 is 1.42 bits per heavy atom. The first-order valence-electron chi connectivity index (χ1n) is 6.03. The maximum absolute atomic E-state index is 12.0. The van der Waals surface area contributed by atoms with Gasteiger partial charge in [0.15, 0.2) is 0 Å². The number of carboxylic acids is 1. The lowest BCUT2D eigenvalue weighted by Crippen LogP contribution is -2.41. The first-order chi connectivity index (χ1) is 9.04. The fraction of sp³-hybridized carbons (Fsp3) is 0.385. The fourth-order valence-corrected chi connectivity index (χ4v) is 1.75. The van der Waals surface area contributed by atoms with E-state index in [2.05, 4.69) is 5.32 Å². The second-order valence-corrected chi connectivity index (χ2v) is 4.47. The maximum Gasteiger partial charge on any atom is 0.323 e. The highest BCUT2D eigenvalue weighted by molar-refractivity contribution is 6.30. The molecule has 0 aliphatic heterocycles. The lowest BCUT2D eigenvalue weighted by Gasteiger charge is -2.21. The van der Waals surface area contributed by atoms with Gasteiger partial charge in [0.2, 0.25) is 5.91 Å². The van der Waals surface area contributed by atoms with E-state index >= 15 is 0 Å². The summed E-state index contributed by atoms with van der Waals surface area (Å²) in [6.07, 6.45) is 0.906. The van der Waals surface area contributed by atoms with Crippen LogP contribution in [0.1, 0.15) is 13.3 Å². The molecule has 0 aliphatic rings. The van der Waals surface area contributed by atoms with Crippen molar-refractivity contribution in [2.24, 2.45) is 0 Å². The van der Waals surface area contributed by atoms with E-state index in [0.717, 1.165) is 6.42 Å². The van der Waals surface area contributed by atoms with Crippen LogP contribution in [0.15, 0.2) is 24.3 Å². The van der Waals surface area contributed by atoms with Gasteiger partial charge in [0.1, 0.15) is 6.54 Å². The van der Waals surface area contributed by atoms with Gasteiger partial charge >= 0.3 is 5.97 Å². The van der Waals surface area contributed by atoms with Gasteiger partial charge in [0.05, 0.1) is 6.54 Å². The molecular formula is C13H17ClN2O3. The van der Waals surface area contributed by atoms with Gasteiger partial charge < -0.3 is 15.3 Å². The molecule has 0 spiro atoms. The molecule has 1 aromatic rings. The van der Waals surface area contributed by atoms with Crippen LogP contribution in [-0.4, -0.2) is 36.6 Å². The second kappa shape index (κ2) is 7.76. The van der Waals surface area contributed by atoms with E-state index in [4.69, 9.17) is 16.7 Å². The van der Waals surface area contributed by atoms with Crippen molar-refractivity contribution >= 4 is 29.2 Å². The number of carbonyl (C=O) groups excluding carboxylic acids is 1. The standard InChI is InChI=1S/C13H17ClN2O3/c1-2-6-15-8-12(17)16(9-13(18)19)11-5-3-4-10(14)7-11/h3-5,7,15H,2,6,8-9H2,1H3,(H,18,19). The van der Waals surface area contributed by atoms with Crippen molar-refractivity contribution in [3.63, 3.8) is 0 Å². The molecule has 0 unspecified atom stereocenters. The first-order valence-corrected chi connectivity index (χ1v) is 6.40. The number of halogens is 1. The van der Waals surface area contributed by atoms with E-state index in [9.17, 15) is 9.59 Å². The summed E-state index contributed by atoms with van der Waals surface area (Å²) in [5, 5.41) is 12.3. The quantitative estimate of drug-likeness (QED) is 0.749. The van der Waals surface area contributed by atoms with Gasteiger partial charge in [-0.15, -0.1) is 0 Å². The van der Waals surface area contributed by atoms with Gasteiger partial charge in [-0.3, -0.25) is 9.59 Å². The van der Waals surface area contributed by atoms with E-state index in [-0.39, 0.29) is 19.0 Å². The SMILES string of the molecule is CCCNCC(=O)N(CC(=O)O)c1cccc(Cl)c1. The third-order valence-corrected chi connectivity index (χ3v) is 2.65. The van der Waals surface area contributed by atoms with Gasteiger partial charge in [-0.25, -0.2) is 0 Å². The van der Waals surface area contributed by atoms with Crippen LogP contribution in [0, 0.1) is 0 Å². The minimum atomic E-state index is -1.07. The van der Waals surface area contributed by atoms with Gasteiger partial charge in [0.25, 0.3) is 0 Å². The topological polar surface area (TPSA) is 69.6 Å². The second-order valence-electron chi connectivity index (χ2n) is 4.03. The molecule has 104 valence electrons. The molecule has 0 bridgehead atoms. The summed E-state index contributed by atoms with van der Waals surface area (Å²) in [7, 11) is 0. The van der Waals surface area contributed by atoms with Crippen LogP contribution in [0.4, 0.5) is 5.69 Å². The fourth-order valence-electron chi connectivity index (χ4n) is 1.57. The highest BCUT2D eigenvalue weighted by Crippen LogP contribution is 2.19. The number of aliphatic carboxylic acids is 1. The van der Waals surface area contributed by atoms with E-state index in [1.807, 2.05) is 6.92 Å². The molecule has 0 radical (unpaired) electrons. The average molecular weight is 285 g/mol. The molecule has 0 heterocycles. The largest absolute Gasteiger partial charge is 0.480 e. The number of nitrogens with zero attached hydrogens (tertiary/aromatic N) is 1. The summed E-state index contributed by atoms with van der Waals surface area (Å²) in [6, 6.07) is 6.58. The van der Waals surface area contributed by atoms with E-state index in [1.165, 1.54) is 4.90 Å². The van der Waals surface area contributed by atoms with Gasteiger partial charge in [0, 0.05) is 10.7 Å². The molecule has 1 amide bonds. The van der Waals surface area contributed by atoms with E-state index in [0.29, 0.717) is 17.3 Å². The molecule has 19 heavy (non-hydrogen) atoms. The zero-order chi connectivity index (χ0) is 14.3. The van der Waals surface area contributed by atoms with Crippen molar-refractivity contribution in [3.8, 4) is 0 Å². The van der Waals surface area contributed by atoms with Gasteiger partial charge in [-0.05, 0) is 31.2 Å². The molecule has 0 fully saturated rings. The predicted molar refractivity (Wildman–Crippen MR) is 74.6 cm³/mol. The number of carbonyl (C=O) groups is 2. The first kappa shape index (κ1) is 15.5. The van der Waals surface area contributed by atoms with Crippen LogP contribution >= 0.6 is 11.6 Å². The number of hydrogen-bond donors (Lipinski definition) is 2. The summed E-state index contributed by atoms with van der Waals surface area (Å²) >= 11 is 5.86. The molecule has 0 saturated heterocycles. The van der Waals surface area contributed by atoms with Crippen LogP contribution in [0.5, 0.6) is 0 Å². The summed E-state index contributed by atoms with van der Waals surface area (Å²) in [5.74, 6) is -1.36. The Kier molecular flexibility index (Phi) is 6.32. The summed E-state index contributed by atoms with van der Waals surface area (Å²) in [5.41, 5.74) is 0.484. The summed E-state index contributed by atoms with van der Waals surface area (Å²) < 4.78 is 0. The Morgan fingerprint density at radius 3 is 2.74 bits per heavy atom. The number of hydrogen-bond acceptors (Lipinski definition) is 3. The van der Waals surface area contributed by atoms with Crippen molar-refractivity contribution in [2.75, 3.05) is 24.5 Å². The van der Waals surface area contributed by atoms with Crippen LogP contribution in [0.2, 0.25) is 5.02 Å². The highest BCUT2D eigenvalue weighted by atomic mass is 35.5. The number of anilines is 1. The molecule has 0 atom stereocenters. The van der Waals surface area contributed by atoms with Crippen molar-refractivity contribution in [1.82, 2.24) is 5.32 Å². The molecule has 5 nitrogen and oxygen atoms in total. The van der Waals surface area contributed by atoms with E-state index < -0.39 is 5.97 Å². The molecule has 1 rings (SSSR count). The number of amides is 1. The molecule has 6 heteroatoms. The molecule has 0 saturated carbocycles. The number of benzene rings is 1. The van der Waals surface area contributed by atoms with Crippen LogP contribution in [0.25, 0.3) is 0 Å². The monoisotopic (exact) mass is 284 g/mol. The van der Waals surface area contributed by atoms with Crippen LogP contribution in [-0.2, 0) is 9.59 Å². The zero-order valence-electron chi connectivity index (χ0n) is 10.7. The number of rotatable bonds is 7. The Hall–Kier alpha value is -1.59. The van der Waals surface area contributed by atoms with Crippen molar-refractivity contribution in [2.45, 2.75) is 13.3 Å². The van der Waals surface area contributed by atoms with Crippen LogP contribution in [0.3, 0.4) is 0 Å². The molecule has 0 aromatic heterocycles. The third kappa shape index (κ3) is 5.28. The number of nitrogens with one attached hydrogen (secondary N) is 1. The third-order valence-electron chi connectivity index (χ3n) is 2.42. The predicted octanol–water partition coefficient (Wildman–Crippen LogP) is 1.76. The van der Waals surface area contributed by atoms with Crippen molar-refractivity contribution in [3.05, 3.63) is 29.3 Å². The Morgan fingerprint density at radius 2 is 2.16 bits per heavy atom. The average Bonchev–Trinajstić information content (AvgIpc) is 2.36. The van der Waals surface area contributed by atoms with Crippen molar-refractivity contribution in [1.29, 1.82) is 0 Å². The Labute approximate surface area is 117 Å². The molecule has 1 aromatic carbocycles. The lowest BCUT2D eigenvalue weighted by molar-refractivity contribution is -0.136. The Balaban J connectivity index is 2.82. The molecule has 0 aliphatic carbocycles. The zero-order valence-corrected chi connectivity index (χ0v) is 11.5. The normalized spacial score (nSPS) is 10.2. The summed E-state index contributed by atoms with van der Waals surface area (Å²) in [4.78, 5) is 24.1. The maximum atomic E-state index is 12.0.